The lowest BCUT2D eigenvalue weighted by Crippen LogP contribution is -2.50. The first-order chi connectivity index (χ1) is 16.0. The van der Waals surface area contributed by atoms with E-state index in [2.05, 4.69) is 10.3 Å². The van der Waals surface area contributed by atoms with Crippen molar-refractivity contribution in [2.45, 2.75) is 25.1 Å². The quantitative estimate of drug-likeness (QED) is 0.322. The van der Waals surface area contributed by atoms with Crippen LogP contribution in [-0.4, -0.2) is 44.3 Å². The highest BCUT2D eigenvalue weighted by Crippen LogP contribution is 2.48. The van der Waals surface area contributed by atoms with Gasteiger partial charge in [0.05, 0.1) is 0 Å². The van der Waals surface area contributed by atoms with Crippen molar-refractivity contribution in [2.75, 3.05) is 11.5 Å². The van der Waals surface area contributed by atoms with E-state index in [4.69, 9.17) is 28.0 Å². The van der Waals surface area contributed by atoms with Crippen molar-refractivity contribution in [3.05, 3.63) is 68.7 Å². The molecular formula is C22H17Cl2F3N2O4S. The van der Waals surface area contributed by atoms with Crippen molar-refractivity contribution in [1.82, 2.24) is 0 Å². The molecule has 6 nitrogen and oxygen atoms in total. The lowest BCUT2D eigenvalue weighted by molar-refractivity contribution is -0.250. The largest absolute Gasteiger partial charge is 0.441 e. The van der Waals surface area contributed by atoms with E-state index in [1.807, 2.05) is 0 Å². The van der Waals surface area contributed by atoms with Crippen molar-refractivity contribution >= 4 is 51.2 Å². The molecule has 0 radical (unpaired) electrons. The first-order valence-electron chi connectivity index (χ1n) is 9.98. The number of nitrogens with zero attached hydrogens (tertiary/aromatic N) is 2. The summed E-state index contributed by atoms with van der Waals surface area (Å²) in [6, 6.07) is 7.62. The summed E-state index contributed by atoms with van der Waals surface area (Å²) >= 11 is 11.8. The van der Waals surface area contributed by atoms with E-state index in [1.165, 1.54) is 24.3 Å². The minimum atomic E-state index is -5.10. The molecule has 2 aromatic rings. The van der Waals surface area contributed by atoms with Gasteiger partial charge in [-0.3, -0.25) is 9.00 Å². The minimum absolute atomic E-state index is 0.0602. The lowest BCUT2D eigenvalue weighted by atomic mass is 9.84. The van der Waals surface area contributed by atoms with E-state index in [9.17, 15) is 27.4 Å². The van der Waals surface area contributed by atoms with Gasteiger partial charge in [-0.2, -0.15) is 13.2 Å². The monoisotopic (exact) mass is 532 g/mol. The number of carbonyl (C=O) groups excluding carboxylic acids is 1. The van der Waals surface area contributed by atoms with Gasteiger partial charge in [0.25, 0.3) is 0 Å². The molecule has 1 atom stereocenters. The Labute approximate surface area is 204 Å². The fraction of sp³-hybridized carbons (Fsp3) is 0.318. The highest BCUT2D eigenvalue weighted by atomic mass is 35.5. The summed E-state index contributed by atoms with van der Waals surface area (Å²) in [6.45, 7) is 1.63. The van der Waals surface area contributed by atoms with Gasteiger partial charge in [-0.25, -0.2) is 0 Å². The SMILES string of the molecule is Cc1cc(C2=NOC(c3cc(Cl)cc(Cl)c3)(C(F)(F)F)/C2=N/O)ccc1C(=O)CC1CS(=O)C1. The second-order valence-electron chi connectivity index (χ2n) is 8.11. The highest BCUT2D eigenvalue weighted by molar-refractivity contribution is 7.86. The van der Waals surface area contributed by atoms with Crippen LogP contribution in [0.4, 0.5) is 13.2 Å². The Bertz CT molecular complexity index is 1240. The topological polar surface area (TPSA) is 88.3 Å². The zero-order valence-corrected chi connectivity index (χ0v) is 19.9. The van der Waals surface area contributed by atoms with Crippen LogP contribution in [0.1, 0.15) is 33.5 Å². The molecule has 2 heterocycles. The number of hydrogen-bond donors (Lipinski definition) is 1. The van der Waals surface area contributed by atoms with Crippen molar-refractivity contribution in [1.29, 1.82) is 0 Å². The highest BCUT2D eigenvalue weighted by Gasteiger charge is 2.67. The number of ketones is 1. The summed E-state index contributed by atoms with van der Waals surface area (Å²) in [7, 11) is -0.872. The van der Waals surface area contributed by atoms with Gasteiger partial charge in [0.15, 0.2) is 11.5 Å². The van der Waals surface area contributed by atoms with Gasteiger partial charge in [0.1, 0.15) is 5.71 Å². The van der Waals surface area contributed by atoms with Crippen LogP contribution in [0.2, 0.25) is 10.0 Å². The Hall–Kier alpha value is -2.43. The zero-order chi connectivity index (χ0) is 24.8. The van der Waals surface area contributed by atoms with Gasteiger partial charge in [-0.05, 0) is 42.7 Å². The maximum absolute atomic E-state index is 14.4. The van der Waals surface area contributed by atoms with Crippen LogP contribution < -0.4 is 0 Å². The molecule has 0 aliphatic carbocycles. The molecule has 180 valence electrons. The van der Waals surface area contributed by atoms with Crippen LogP contribution in [0.25, 0.3) is 0 Å². The second kappa shape index (κ2) is 8.98. The second-order valence-corrected chi connectivity index (χ2v) is 10.5. The Morgan fingerprint density at radius 2 is 1.88 bits per heavy atom. The molecule has 0 amide bonds. The van der Waals surface area contributed by atoms with Crippen LogP contribution in [0.5, 0.6) is 0 Å². The maximum Gasteiger partial charge on any atom is 0.441 e. The molecule has 4 rings (SSSR count). The lowest BCUT2D eigenvalue weighted by Gasteiger charge is -2.29. The molecule has 12 heteroatoms. The molecule has 0 saturated carbocycles. The number of rotatable bonds is 5. The first kappa shape index (κ1) is 24.7. The normalized spacial score (nSPS) is 25.6. The van der Waals surface area contributed by atoms with Gasteiger partial charge in [0, 0.05) is 55.5 Å². The molecule has 1 fully saturated rings. The van der Waals surface area contributed by atoms with Crippen molar-refractivity contribution in [2.24, 2.45) is 16.2 Å². The Morgan fingerprint density at radius 1 is 1.24 bits per heavy atom. The molecule has 1 unspecified atom stereocenters. The number of hydrogen-bond acceptors (Lipinski definition) is 6. The van der Waals surface area contributed by atoms with Gasteiger partial charge in [-0.1, -0.05) is 45.6 Å². The van der Waals surface area contributed by atoms with Crippen LogP contribution >= 0.6 is 23.2 Å². The van der Waals surface area contributed by atoms with E-state index in [0.717, 1.165) is 12.1 Å². The van der Waals surface area contributed by atoms with Crippen LogP contribution in [0, 0.1) is 12.8 Å². The molecular weight excluding hydrogens is 516 g/mol. The van der Waals surface area contributed by atoms with Crippen molar-refractivity contribution in [3.8, 4) is 0 Å². The van der Waals surface area contributed by atoms with E-state index >= 15 is 0 Å². The molecule has 0 bridgehead atoms. The van der Waals surface area contributed by atoms with E-state index in [1.54, 1.807) is 6.92 Å². The molecule has 34 heavy (non-hydrogen) atoms. The molecule has 0 aromatic heterocycles. The van der Waals surface area contributed by atoms with Crippen LogP contribution in [0.15, 0.2) is 46.7 Å². The molecule has 2 aliphatic heterocycles. The smallest absolute Gasteiger partial charge is 0.410 e. The van der Waals surface area contributed by atoms with Crippen LogP contribution in [0.3, 0.4) is 0 Å². The summed E-state index contributed by atoms with van der Waals surface area (Å²) in [5, 5.41) is 16.0. The predicted molar refractivity (Wildman–Crippen MR) is 123 cm³/mol. The van der Waals surface area contributed by atoms with Crippen molar-refractivity contribution in [3.63, 3.8) is 0 Å². The summed E-state index contributed by atoms with van der Waals surface area (Å²) in [5.74, 6) is 0.885. The summed E-state index contributed by atoms with van der Waals surface area (Å²) in [4.78, 5) is 17.6. The first-order valence-corrected chi connectivity index (χ1v) is 12.2. The Kier molecular flexibility index (Phi) is 6.52. The number of oxime groups is 2. The third-order valence-corrected chi connectivity index (χ3v) is 7.84. The Morgan fingerprint density at radius 3 is 2.41 bits per heavy atom. The average molecular weight is 533 g/mol. The van der Waals surface area contributed by atoms with E-state index < -0.39 is 33.9 Å². The number of aryl methyl sites for hydroxylation is 1. The third kappa shape index (κ3) is 4.23. The Balaban J connectivity index is 1.70. The number of Topliss-reactive ketones (excluding diaryl/α,β-unsaturated/α-hetero) is 1. The number of benzene rings is 2. The van der Waals surface area contributed by atoms with Crippen molar-refractivity contribution < 1.29 is 32.2 Å². The standard InChI is InChI=1S/C22H17Cl2F3N2O4S/c1-11-4-13(2-3-17(11)18(30)5-12-9-34(32)10-12)19-20(28-31)21(33-29-19,22(25,26)27)14-6-15(23)8-16(24)7-14/h2-4,6-8,12,31H,5,9-10H2,1H3/b28-20+. The van der Waals surface area contributed by atoms with Gasteiger partial charge in [-0.15, -0.1) is 0 Å². The van der Waals surface area contributed by atoms with Gasteiger partial charge >= 0.3 is 11.8 Å². The molecule has 1 saturated heterocycles. The van der Waals surface area contributed by atoms with Gasteiger partial charge in [0.2, 0.25) is 0 Å². The predicted octanol–water partition coefficient (Wildman–Crippen LogP) is 5.28. The maximum atomic E-state index is 14.4. The summed E-state index contributed by atoms with van der Waals surface area (Å²) in [6.07, 6.45) is -4.85. The van der Waals surface area contributed by atoms with E-state index in [-0.39, 0.29) is 39.4 Å². The van der Waals surface area contributed by atoms with Gasteiger partial charge < -0.3 is 10.0 Å². The fourth-order valence-corrected chi connectivity index (χ4v) is 5.78. The summed E-state index contributed by atoms with van der Waals surface area (Å²) < 4.78 is 54.4. The number of alkyl halides is 3. The molecule has 1 N–H and O–H groups in total. The number of halogens is 5. The van der Waals surface area contributed by atoms with E-state index in [0.29, 0.717) is 22.6 Å². The summed E-state index contributed by atoms with van der Waals surface area (Å²) in [5.41, 5.74) is -3.95. The molecule has 0 spiro atoms. The third-order valence-electron chi connectivity index (χ3n) is 5.72. The number of carbonyl (C=O) groups is 1. The zero-order valence-electron chi connectivity index (χ0n) is 17.5. The van der Waals surface area contributed by atoms with Crippen LogP contribution in [-0.2, 0) is 21.2 Å². The molecule has 2 aromatic carbocycles. The average Bonchev–Trinajstić information content (AvgIpc) is 3.12. The minimum Gasteiger partial charge on any atom is -0.410 e. The fourth-order valence-electron chi connectivity index (χ4n) is 4.06. The molecule has 2 aliphatic rings.